The molecule has 1 aliphatic rings. The van der Waals surface area contributed by atoms with Gasteiger partial charge in [-0.25, -0.2) is 0 Å². The smallest absolute Gasteiger partial charge is 0.261 e. The minimum atomic E-state index is -1.58. The van der Waals surface area contributed by atoms with Gasteiger partial charge < -0.3 is 5.11 Å². The zero-order valence-electron chi connectivity index (χ0n) is 13.8. The van der Waals surface area contributed by atoms with Crippen LogP contribution in [-0.4, -0.2) is 11.0 Å². The van der Waals surface area contributed by atoms with Gasteiger partial charge in [-0.3, -0.25) is 9.69 Å². The third kappa shape index (κ3) is 2.68. The molecule has 0 saturated carbocycles. The van der Waals surface area contributed by atoms with Crippen LogP contribution in [-0.2, 0) is 5.72 Å². The number of para-hydroxylation sites is 1. The molecule has 0 bridgehead atoms. The van der Waals surface area contributed by atoms with Gasteiger partial charge in [-0.15, -0.1) is 0 Å². The van der Waals surface area contributed by atoms with Crippen LogP contribution in [0.25, 0.3) is 4.48 Å². The van der Waals surface area contributed by atoms with E-state index in [0.29, 0.717) is 21.3 Å². The van der Waals surface area contributed by atoms with Crippen molar-refractivity contribution in [2.75, 3.05) is 4.90 Å². The van der Waals surface area contributed by atoms with Crippen molar-refractivity contribution in [3.8, 4) is 0 Å². The molecule has 1 heterocycles. The second-order valence-electron chi connectivity index (χ2n) is 6.11. The molecule has 3 nitrogen and oxygen atoms in total. The van der Waals surface area contributed by atoms with Gasteiger partial charge in [-0.1, -0.05) is 82.7 Å². The zero-order chi connectivity index (χ0) is 18.1. The van der Waals surface area contributed by atoms with Crippen molar-refractivity contribution in [3.05, 3.63) is 108 Å². The van der Waals surface area contributed by atoms with Crippen molar-refractivity contribution >= 4 is 32.0 Å². The van der Waals surface area contributed by atoms with E-state index in [0.717, 1.165) is 5.56 Å². The van der Waals surface area contributed by atoms with E-state index in [1.807, 2.05) is 72.8 Å². The summed E-state index contributed by atoms with van der Waals surface area (Å²) in [6, 6.07) is 26.1. The zero-order valence-corrected chi connectivity index (χ0v) is 15.4. The minimum Gasteiger partial charge on any atom is -0.363 e. The molecule has 4 rings (SSSR count). The molecule has 1 atom stereocenters. The van der Waals surface area contributed by atoms with Gasteiger partial charge in [-0.05, 0) is 29.8 Å². The molecule has 0 fully saturated rings. The molecule has 128 valence electrons. The Morgan fingerprint density at radius 3 is 2.15 bits per heavy atom. The van der Waals surface area contributed by atoms with E-state index in [2.05, 4.69) is 15.9 Å². The first-order chi connectivity index (χ1) is 12.6. The molecule has 0 saturated heterocycles. The topological polar surface area (TPSA) is 40.5 Å². The van der Waals surface area contributed by atoms with Gasteiger partial charge >= 0.3 is 0 Å². The Hall–Kier alpha value is -2.69. The average Bonchev–Trinajstić information content (AvgIpc) is 2.90. The van der Waals surface area contributed by atoms with Gasteiger partial charge in [0.2, 0.25) is 0 Å². The molecule has 4 heteroatoms. The molecule has 0 aromatic heterocycles. The summed E-state index contributed by atoms with van der Waals surface area (Å²) >= 11 is 3.57. The van der Waals surface area contributed by atoms with Gasteiger partial charge in [0, 0.05) is 21.3 Å². The highest BCUT2D eigenvalue weighted by atomic mass is 79.9. The van der Waals surface area contributed by atoms with E-state index >= 15 is 0 Å². The lowest BCUT2D eigenvalue weighted by Gasteiger charge is -2.32. The normalized spacial score (nSPS) is 19.5. The van der Waals surface area contributed by atoms with Crippen LogP contribution in [0.15, 0.2) is 91.0 Å². The highest BCUT2D eigenvalue weighted by Gasteiger charge is 2.48. The summed E-state index contributed by atoms with van der Waals surface area (Å²) in [4.78, 5) is 14.5. The maximum Gasteiger partial charge on any atom is 0.261 e. The fraction of sp³-hybridized carbons (Fsp3) is 0.0455. The maximum absolute atomic E-state index is 13.1. The number of hydrogen-bond acceptors (Lipinski definition) is 2. The predicted molar refractivity (Wildman–Crippen MR) is 107 cm³/mol. The second kappa shape index (κ2) is 6.56. The van der Waals surface area contributed by atoms with E-state index in [1.54, 1.807) is 18.2 Å². The fourth-order valence-corrected chi connectivity index (χ4v) is 3.86. The molecule has 0 spiro atoms. The second-order valence-corrected chi connectivity index (χ2v) is 6.96. The monoisotopic (exact) mass is 405 g/mol. The molecule has 1 N–H and O–H groups in total. The Kier molecular flexibility index (Phi) is 4.23. The van der Waals surface area contributed by atoms with Crippen LogP contribution in [0.3, 0.4) is 0 Å². The number of rotatable bonds is 3. The van der Waals surface area contributed by atoms with Crippen LogP contribution < -0.4 is 4.90 Å². The van der Waals surface area contributed by atoms with Crippen molar-refractivity contribution in [2.24, 2.45) is 0 Å². The number of anilines is 1. The summed E-state index contributed by atoms with van der Waals surface area (Å²) in [6.45, 7) is 0. The summed E-state index contributed by atoms with van der Waals surface area (Å²) in [5, 5.41) is 11.7. The Labute approximate surface area is 160 Å². The molecular weight excluding hydrogens is 390 g/mol. The van der Waals surface area contributed by atoms with Gasteiger partial charge in [0.25, 0.3) is 5.91 Å². The molecule has 1 amide bonds. The molecule has 3 aromatic rings. The Morgan fingerprint density at radius 2 is 1.46 bits per heavy atom. The number of halogens is 1. The Bertz CT molecular complexity index is 985. The fourth-order valence-electron chi connectivity index (χ4n) is 3.28. The molecular formula is C22H16BrNO2. The molecule has 3 aromatic carbocycles. The van der Waals surface area contributed by atoms with Gasteiger partial charge in [-0.2, -0.15) is 0 Å². The van der Waals surface area contributed by atoms with Crippen LogP contribution in [0.2, 0.25) is 0 Å². The highest BCUT2D eigenvalue weighted by molar-refractivity contribution is 9.15. The third-order valence-corrected chi connectivity index (χ3v) is 5.18. The van der Waals surface area contributed by atoms with E-state index in [1.165, 1.54) is 4.90 Å². The van der Waals surface area contributed by atoms with E-state index in [9.17, 15) is 9.90 Å². The summed E-state index contributed by atoms with van der Waals surface area (Å²) in [5.41, 5.74) is 1.06. The summed E-state index contributed by atoms with van der Waals surface area (Å²) in [5.74, 6) is -0.223. The van der Waals surface area contributed by atoms with Crippen molar-refractivity contribution in [1.82, 2.24) is 0 Å². The first kappa shape index (κ1) is 16.8. The number of amides is 1. The van der Waals surface area contributed by atoms with Crippen LogP contribution >= 0.6 is 15.9 Å². The van der Waals surface area contributed by atoms with Crippen molar-refractivity contribution in [3.63, 3.8) is 0 Å². The first-order valence-corrected chi connectivity index (χ1v) is 9.06. The lowest BCUT2D eigenvalue weighted by atomic mass is 9.99. The third-order valence-electron chi connectivity index (χ3n) is 4.49. The average molecular weight is 406 g/mol. The van der Waals surface area contributed by atoms with E-state index < -0.39 is 5.72 Å². The number of fused-ring (bicyclic) bond motifs is 1. The molecule has 1 aliphatic heterocycles. The van der Waals surface area contributed by atoms with Crippen LogP contribution in [0.4, 0.5) is 5.69 Å². The molecule has 0 radical (unpaired) electrons. The standard InChI is InChI=1S/C22H16BrNO2/c23-20(16-9-3-1-4-10-16)15-22(26)19-14-8-7-13-18(19)21(25)24(22)17-11-5-2-6-12-17/h1-15,26H/b20-15+. The quantitative estimate of drug-likeness (QED) is 0.670. The highest BCUT2D eigenvalue weighted by Crippen LogP contribution is 2.43. The molecule has 26 heavy (non-hydrogen) atoms. The molecule has 1 unspecified atom stereocenters. The minimum absolute atomic E-state index is 0.223. The largest absolute Gasteiger partial charge is 0.363 e. The van der Waals surface area contributed by atoms with Gasteiger partial charge in [0.15, 0.2) is 5.72 Å². The van der Waals surface area contributed by atoms with Crippen molar-refractivity contribution < 1.29 is 9.90 Å². The Balaban J connectivity index is 1.91. The lowest BCUT2D eigenvalue weighted by Crippen LogP contribution is -2.42. The first-order valence-electron chi connectivity index (χ1n) is 8.26. The summed E-state index contributed by atoms with van der Waals surface area (Å²) in [6.07, 6.45) is 1.68. The van der Waals surface area contributed by atoms with Crippen LogP contribution in [0.1, 0.15) is 21.5 Å². The number of aliphatic hydroxyl groups is 1. The summed E-state index contributed by atoms with van der Waals surface area (Å²) < 4.78 is 0.714. The number of benzene rings is 3. The van der Waals surface area contributed by atoms with Gasteiger partial charge in [0.1, 0.15) is 0 Å². The van der Waals surface area contributed by atoms with Crippen LogP contribution in [0, 0.1) is 0 Å². The van der Waals surface area contributed by atoms with E-state index in [-0.39, 0.29) is 5.91 Å². The molecule has 0 aliphatic carbocycles. The van der Waals surface area contributed by atoms with Gasteiger partial charge in [0.05, 0.1) is 0 Å². The number of carbonyl (C=O) groups is 1. The maximum atomic E-state index is 13.1. The van der Waals surface area contributed by atoms with Crippen LogP contribution in [0.5, 0.6) is 0 Å². The number of carbonyl (C=O) groups excluding carboxylic acids is 1. The lowest BCUT2D eigenvalue weighted by molar-refractivity contribution is 0.0751. The van der Waals surface area contributed by atoms with Crippen molar-refractivity contribution in [2.45, 2.75) is 5.72 Å². The van der Waals surface area contributed by atoms with E-state index in [4.69, 9.17) is 0 Å². The number of hydrogen-bond donors (Lipinski definition) is 1. The van der Waals surface area contributed by atoms with Crippen molar-refractivity contribution in [1.29, 1.82) is 0 Å². The SMILES string of the molecule is O=C1c2ccccc2C(O)(/C=C(/Br)c2ccccc2)N1c1ccccc1. The Morgan fingerprint density at radius 1 is 0.885 bits per heavy atom. The predicted octanol–water partition coefficient (Wildman–Crippen LogP) is 4.93. The summed E-state index contributed by atoms with van der Waals surface area (Å²) in [7, 11) is 0. The number of nitrogens with zero attached hydrogens (tertiary/aromatic N) is 1.